The van der Waals surface area contributed by atoms with Gasteiger partial charge >= 0.3 is 0 Å². The fourth-order valence-electron chi connectivity index (χ4n) is 2.49. The second kappa shape index (κ2) is 9.22. The molecule has 0 radical (unpaired) electrons. The molecule has 0 aliphatic heterocycles. The van der Waals surface area contributed by atoms with Gasteiger partial charge in [0.25, 0.3) is 0 Å². The van der Waals surface area contributed by atoms with Gasteiger partial charge in [-0.2, -0.15) is 0 Å². The lowest BCUT2D eigenvalue weighted by Gasteiger charge is -2.13. The molecule has 20 heavy (non-hydrogen) atoms. The molecule has 1 heterocycles. The largest absolute Gasteiger partial charge is 0.474 e. The zero-order valence-electron chi connectivity index (χ0n) is 13.9. The van der Waals surface area contributed by atoms with E-state index in [1.807, 2.05) is 6.26 Å². The average Bonchev–Trinajstić information content (AvgIpc) is 2.85. The van der Waals surface area contributed by atoms with E-state index in [1.54, 1.807) is 0 Å². The van der Waals surface area contributed by atoms with Crippen molar-refractivity contribution in [1.82, 2.24) is 0 Å². The van der Waals surface area contributed by atoms with Gasteiger partial charge in [0.2, 0.25) is 0 Å². The number of unbranched alkanes of at least 4 members (excludes halogenated alkanes) is 7. The Morgan fingerprint density at radius 1 is 1.00 bits per heavy atom. The van der Waals surface area contributed by atoms with E-state index in [4.69, 9.17) is 4.42 Å². The molecule has 0 unspecified atom stereocenters. The summed E-state index contributed by atoms with van der Waals surface area (Å²) in [6.45, 7) is 9.27. The van der Waals surface area contributed by atoms with Crippen molar-refractivity contribution in [2.75, 3.05) is 0 Å². The standard InChI is InChI=1S/C18H32OSi/c1-5-6-7-8-9-10-11-12-13-14-17-15-16-19-18(17)20(2,3)4/h13-16H,5-12H2,1-4H3/b14-13+. The first-order valence-corrected chi connectivity index (χ1v) is 11.8. The quantitative estimate of drug-likeness (QED) is 0.382. The van der Waals surface area contributed by atoms with E-state index in [1.165, 1.54) is 62.3 Å². The van der Waals surface area contributed by atoms with Crippen LogP contribution in [-0.2, 0) is 0 Å². The summed E-state index contributed by atoms with van der Waals surface area (Å²) in [5.74, 6) is 0. The molecule has 1 aromatic rings. The molecule has 0 aliphatic carbocycles. The minimum atomic E-state index is -1.34. The third kappa shape index (κ3) is 6.60. The van der Waals surface area contributed by atoms with Crippen LogP contribution in [0.3, 0.4) is 0 Å². The van der Waals surface area contributed by atoms with Crippen molar-refractivity contribution in [2.24, 2.45) is 0 Å². The summed E-state index contributed by atoms with van der Waals surface area (Å²) < 4.78 is 5.67. The van der Waals surface area contributed by atoms with Crippen LogP contribution in [0.5, 0.6) is 0 Å². The van der Waals surface area contributed by atoms with Gasteiger partial charge in [-0.15, -0.1) is 0 Å². The second-order valence-corrected chi connectivity index (χ2v) is 11.7. The van der Waals surface area contributed by atoms with Crippen LogP contribution >= 0.6 is 0 Å². The van der Waals surface area contributed by atoms with Crippen LogP contribution in [0.2, 0.25) is 19.6 Å². The molecule has 114 valence electrons. The van der Waals surface area contributed by atoms with Crippen molar-refractivity contribution < 1.29 is 4.42 Å². The van der Waals surface area contributed by atoms with Crippen LogP contribution < -0.4 is 5.38 Å². The van der Waals surface area contributed by atoms with Gasteiger partial charge in [-0.3, -0.25) is 0 Å². The average molecular weight is 293 g/mol. The maximum atomic E-state index is 5.67. The Kier molecular flexibility index (Phi) is 7.97. The first kappa shape index (κ1) is 17.3. The Bertz CT molecular complexity index is 384. The summed E-state index contributed by atoms with van der Waals surface area (Å²) in [5, 5.41) is 1.23. The van der Waals surface area contributed by atoms with Gasteiger partial charge in [0.15, 0.2) is 0 Å². The van der Waals surface area contributed by atoms with E-state index >= 15 is 0 Å². The van der Waals surface area contributed by atoms with Crippen LogP contribution in [0.25, 0.3) is 6.08 Å². The molecule has 0 aliphatic rings. The second-order valence-electron chi connectivity index (χ2n) is 6.77. The SMILES string of the molecule is CCCCCCCCC/C=C/c1ccoc1[Si](C)(C)C. The lowest BCUT2D eigenvalue weighted by Crippen LogP contribution is -2.37. The summed E-state index contributed by atoms with van der Waals surface area (Å²) in [4.78, 5) is 0. The fourth-order valence-corrected chi connectivity index (χ4v) is 3.94. The van der Waals surface area contributed by atoms with Crippen molar-refractivity contribution in [1.29, 1.82) is 0 Å². The Balaban J connectivity index is 2.21. The van der Waals surface area contributed by atoms with Gasteiger partial charge < -0.3 is 4.42 Å². The van der Waals surface area contributed by atoms with Gasteiger partial charge in [0, 0.05) is 5.56 Å². The van der Waals surface area contributed by atoms with E-state index in [0.29, 0.717) is 0 Å². The summed E-state index contributed by atoms with van der Waals surface area (Å²) in [7, 11) is -1.34. The Morgan fingerprint density at radius 2 is 1.65 bits per heavy atom. The van der Waals surface area contributed by atoms with Crippen LogP contribution in [0.1, 0.15) is 63.9 Å². The molecule has 0 spiro atoms. The lowest BCUT2D eigenvalue weighted by molar-refractivity contribution is 0.592. The molecular weight excluding hydrogens is 260 g/mol. The first-order chi connectivity index (χ1) is 9.55. The molecule has 0 saturated heterocycles. The van der Waals surface area contributed by atoms with Crippen LogP contribution in [0.15, 0.2) is 22.8 Å². The minimum Gasteiger partial charge on any atom is -0.474 e. The molecule has 0 fully saturated rings. The van der Waals surface area contributed by atoms with Gasteiger partial charge in [-0.1, -0.05) is 77.2 Å². The highest BCUT2D eigenvalue weighted by Gasteiger charge is 2.22. The number of rotatable bonds is 10. The predicted molar refractivity (Wildman–Crippen MR) is 93.3 cm³/mol. The van der Waals surface area contributed by atoms with E-state index in [2.05, 4.69) is 44.8 Å². The minimum absolute atomic E-state index is 1.20. The van der Waals surface area contributed by atoms with E-state index in [-0.39, 0.29) is 0 Å². The Labute approximate surface area is 126 Å². The number of furan rings is 1. The molecule has 0 amide bonds. The molecule has 0 atom stereocenters. The Morgan fingerprint density at radius 3 is 2.30 bits per heavy atom. The highest BCUT2D eigenvalue weighted by Crippen LogP contribution is 2.12. The van der Waals surface area contributed by atoms with Crippen LogP contribution in [0.4, 0.5) is 0 Å². The number of hydrogen-bond acceptors (Lipinski definition) is 1. The van der Waals surface area contributed by atoms with Crippen LogP contribution in [0, 0.1) is 0 Å². The van der Waals surface area contributed by atoms with E-state index < -0.39 is 8.07 Å². The summed E-state index contributed by atoms with van der Waals surface area (Å²) in [5.41, 5.74) is 1.30. The number of hydrogen-bond donors (Lipinski definition) is 0. The summed E-state index contributed by atoms with van der Waals surface area (Å²) in [6.07, 6.45) is 17.3. The van der Waals surface area contributed by atoms with E-state index in [0.717, 1.165) is 0 Å². The van der Waals surface area contributed by atoms with Crippen molar-refractivity contribution in [3.05, 3.63) is 24.0 Å². The molecular formula is C18H32OSi. The zero-order valence-corrected chi connectivity index (χ0v) is 14.9. The highest BCUT2D eigenvalue weighted by atomic mass is 28.3. The molecule has 0 N–H and O–H groups in total. The van der Waals surface area contributed by atoms with Crippen molar-refractivity contribution >= 4 is 19.5 Å². The van der Waals surface area contributed by atoms with Gasteiger partial charge in [-0.05, 0) is 18.9 Å². The molecule has 2 heteroatoms. The highest BCUT2D eigenvalue weighted by molar-refractivity contribution is 6.88. The normalized spacial score (nSPS) is 12.4. The maximum absolute atomic E-state index is 5.67. The number of allylic oxidation sites excluding steroid dienone is 1. The zero-order chi connectivity index (χ0) is 14.8. The third-order valence-corrected chi connectivity index (χ3v) is 5.42. The maximum Gasteiger partial charge on any atom is 0.124 e. The molecule has 1 nitrogen and oxygen atoms in total. The summed E-state index contributed by atoms with van der Waals surface area (Å²) in [6, 6.07) is 2.11. The molecule has 1 rings (SSSR count). The summed E-state index contributed by atoms with van der Waals surface area (Å²) >= 11 is 0. The monoisotopic (exact) mass is 292 g/mol. The van der Waals surface area contributed by atoms with Gasteiger partial charge in [0.05, 0.1) is 11.6 Å². The van der Waals surface area contributed by atoms with Crippen molar-refractivity contribution in [2.45, 2.75) is 77.9 Å². The van der Waals surface area contributed by atoms with Crippen molar-refractivity contribution in [3.8, 4) is 0 Å². The van der Waals surface area contributed by atoms with E-state index in [9.17, 15) is 0 Å². The van der Waals surface area contributed by atoms with Crippen LogP contribution in [-0.4, -0.2) is 8.07 Å². The van der Waals surface area contributed by atoms with Gasteiger partial charge in [-0.25, -0.2) is 0 Å². The molecule has 0 bridgehead atoms. The molecule has 0 aromatic carbocycles. The molecule has 1 aromatic heterocycles. The predicted octanol–water partition coefficient (Wildman–Crippen LogP) is 5.98. The van der Waals surface area contributed by atoms with Gasteiger partial charge in [0.1, 0.15) is 8.07 Å². The smallest absolute Gasteiger partial charge is 0.124 e. The third-order valence-electron chi connectivity index (χ3n) is 3.65. The lowest BCUT2D eigenvalue weighted by atomic mass is 10.1. The first-order valence-electron chi connectivity index (χ1n) is 8.30. The Hall–Kier alpha value is -0.763. The topological polar surface area (TPSA) is 13.1 Å². The fraction of sp³-hybridized carbons (Fsp3) is 0.667. The molecule has 0 saturated carbocycles. The van der Waals surface area contributed by atoms with Crippen molar-refractivity contribution in [3.63, 3.8) is 0 Å².